The summed E-state index contributed by atoms with van der Waals surface area (Å²) in [5, 5.41) is 11.0. The number of carbonyl (C=O) groups is 1. The lowest BCUT2D eigenvalue weighted by Crippen LogP contribution is -2.43. The van der Waals surface area contributed by atoms with Crippen molar-refractivity contribution in [2.24, 2.45) is 23.3 Å². The third-order valence-corrected chi connectivity index (χ3v) is 5.22. The largest absolute Gasteiger partial charge is 0.381 e. The summed E-state index contributed by atoms with van der Waals surface area (Å²) in [6.45, 7) is 5.62. The predicted molar refractivity (Wildman–Crippen MR) is 97.8 cm³/mol. The highest BCUT2D eigenvalue weighted by Gasteiger charge is 2.33. The van der Waals surface area contributed by atoms with Gasteiger partial charge in [0, 0.05) is 44.7 Å². The van der Waals surface area contributed by atoms with Gasteiger partial charge in [0.2, 0.25) is 0 Å². The van der Waals surface area contributed by atoms with Gasteiger partial charge in [0.05, 0.1) is 12.4 Å². The third-order valence-electron chi connectivity index (χ3n) is 5.22. The van der Waals surface area contributed by atoms with Gasteiger partial charge in [-0.15, -0.1) is 0 Å². The van der Waals surface area contributed by atoms with E-state index in [-0.39, 0.29) is 23.6 Å². The highest BCUT2D eigenvalue weighted by atomic mass is 16.5. The second-order valence-corrected chi connectivity index (χ2v) is 7.40. The van der Waals surface area contributed by atoms with Crippen LogP contribution in [0.15, 0.2) is 6.20 Å². The number of likely N-dealkylation sites (tertiary alicyclic amines) is 1. The Morgan fingerprint density at radius 1 is 1.46 bits per heavy atom. The number of hydrogen-bond acceptors (Lipinski definition) is 7. The maximum Gasteiger partial charge on any atom is 0.274 e. The Morgan fingerprint density at radius 3 is 2.88 bits per heavy atom. The molecule has 0 saturated carbocycles. The van der Waals surface area contributed by atoms with Gasteiger partial charge in [-0.05, 0) is 18.8 Å². The second-order valence-electron chi connectivity index (χ2n) is 7.40. The molecule has 0 aromatic carbocycles. The summed E-state index contributed by atoms with van der Waals surface area (Å²) in [5.74, 6) is 1.27. The van der Waals surface area contributed by atoms with Crippen molar-refractivity contribution in [3.05, 3.63) is 17.7 Å². The molecule has 2 aliphatic rings. The lowest BCUT2D eigenvalue weighted by Gasteiger charge is -2.20. The van der Waals surface area contributed by atoms with Crippen LogP contribution in [0.2, 0.25) is 0 Å². The molecule has 1 aromatic rings. The lowest BCUT2D eigenvalue weighted by atomic mass is 9.97. The van der Waals surface area contributed by atoms with E-state index in [1.807, 2.05) is 0 Å². The van der Waals surface area contributed by atoms with Gasteiger partial charge in [-0.25, -0.2) is 4.98 Å². The van der Waals surface area contributed by atoms with Crippen molar-refractivity contribution in [1.29, 1.82) is 5.41 Å². The number of amidine groups is 1. The van der Waals surface area contributed by atoms with Crippen molar-refractivity contribution in [1.82, 2.24) is 20.2 Å². The van der Waals surface area contributed by atoms with E-state index in [0.29, 0.717) is 24.7 Å². The number of H-pyrrole nitrogens is 1. The predicted octanol–water partition coefficient (Wildman–Crippen LogP) is -0.178. The highest BCUT2D eigenvalue weighted by molar-refractivity contribution is 6.05. The molecule has 0 aliphatic carbocycles. The molecule has 26 heavy (non-hydrogen) atoms. The molecule has 1 amide bonds. The molecule has 0 spiro atoms. The van der Waals surface area contributed by atoms with Crippen LogP contribution in [-0.2, 0) is 4.74 Å². The summed E-state index contributed by atoms with van der Waals surface area (Å²) >= 11 is 0. The van der Waals surface area contributed by atoms with Crippen LogP contribution in [0.25, 0.3) is 0 Å². The monoisotopic (exact) mass is 363 g/mol. The van der Waals surface area contributed by atoms with E-state index in [9.17, 15) is 4.79 Å². The van der Waals surface area contributed by atoms with Crippen LogP contribution in [0.3, 0.4) is 0 Å². The summed E-state index contributed by atoms with van der Waals surface area (Å²) in [7, 11) is 0. The van der Waals surface area contributed by atoms with Gasteiger partial charge in [0.25, 0.3) is 5.91 Å². The molecular weight excluding hydrogens is 334 g/mol. The molecule has 7 N–H and O–H groups in total. The summed E-state index contributed by atoms with van der Waals surface area (Å²) < 4.78 is 5.36. The van der Waals surface area contributed by atoms with E-state index >= 15 is 0 Å². The van der Waals surface area contributed by atoms with E-state index in [2.05, 4.69) is 27.1 Å². The number of carbonyl (C=O) groups excluding carboxylic acids is 1. The normalized spacial score (nSPS) is 24.9. The molecule has 3 rings (SSSR count). The molecule has 2 saturated heterocycles. The van der Waals surface area contributed by atoms with Crippen LogP contribution < -0.4 is 16.8 Å². The Bertz CT molecular complexity index is 639. The Morgan fingerprint density at radius 2 is 2.19 bits per heavy atom. The minimum atomic E-state index is -0.390. The SMILES string of the molecule is CC1CN(CC(N)N)CC1C(=N)NC(=O)c1cnc(C2CCOCC2)[nH]1. The quantitative estimate of drug-likeness (QED) is 0.279. The molecule has 2 unspecified atom stereocenters. The van der Waals surface area contributed by atoms with Crippen LogP contribution in [0.5, 0.6) is 0 Å². The van der Waals surface area contributed by atoms with Crippen molar-refractivity contribution in [3.8, 4) is 0 Å². The molecule has 9 nitrogen and oxygen atoms in total. The maximum absolute atomic E-state index is 12.5. The zero-order valence-corrected chi connectivity index (χ0v) is 15.2. The Labute approximate surface area is 153 Å². The van der Waals surface area contributed by atoms with Crippen LogP contribution in [-0.4, -0.2) is 65.6 Å². The van der Waals surface area contributed by atoms with Crippen molar-refractivity contribution in [3.63, 3.8) is 0 Å². The zero-order chi connectivity index (χ0) is 18.7. The number of amides is 1. The van der Waals surface area contributed by atoms with Crippen LogP contribution in [0.1, 0.15) is 42.0 Å². The first-order chi connectivity index (χ1) is 12.4. The highest BCUT2D eigenvalue weighted by Crippen LogP contribution is 2.25. The molecule has 3 heterocycles. The number of nitrogens with one attached hydrogen (secondary N) is 3. The molecular formula is C17H29N7O2. The van der Waals surface area contributed by atoms with Gasteiger partial charge in [-0.3, -0.25) is 15.1 Å². The molecule has 9 heteroatoms. The minimum Gasteiger partial charge on any atom is -0.381 e. The molecule has 0 radical (unpaired) electrons. The molecule has 2 fully saturated rings. The molecule has 2 aliphatic heterocycles. The van der Waals surface area contributed by atoms with Crippen molar-refractivity contribution < 1.29 is 9.53 Å². The van der Waals surface area contributed by atoms with Gasteiger partial charge in [-0.2, -0.15) is 0 Å². The molecule has 0 bridgehead atoms. The summed E-state index contributed by atoms with van der Waals surface area (Å²) in [4.78, 5) is 22.1. The average Bonchev–Trinajstić information content (AvgIpc) is 3.22. The van der Waals surface area contributed by atoms with E-state index in [4.69, 9.17) is 21.6 Å². The van der Waals surface area contributed by atoms with Gasteiger partial charge in [0.1, 0.15) is 17.4 Å². The van der Waals surface area contributed by atoms with Crippen molar-refractivity contribution >= 4 is 11.7 Å². The topological polar surface area (TPSA) is 146 Å². The fraction of sp³-hybridized carbons (Fsp3) is 0.706. The first-order valence-electron chi connectivity index (χ1n) is 9.20. The zero-order valence-electron chi connectivity index (χ0n) is 15.2. The summed E-state index contributed by atoms with van der Waals surface area (Å²) in [6.07, 6.45) is 2.97. The number of aromatic nitrogens is 2. The smallest absolute Gasteiger partial charge is 0.274 e. The number of rotatable bonds is 5. The number of hydrogen-bond donors (Lipinski definition) is 5. The van der Waals surface area contributed by atoms with E-state index in [1.165, 1.54) is 0 Å². The number of nitrogens with two attached hydrogens (primary N) is 2. The summed E-state index contributed by atoms with van der Waals surface area (Å²) in [5.41, 5.74) is 11.7. The van der Waals surface area contributed by atoms with Gasteiger partial charge < -0.3 is 26.5 Å². The molecule has 1 aromatic heterocycles. The van der Waals surface area contributed by atoms with Crippen LogP contribution >= 0.6 is 0 Å². The summed E-state index contributed by atoms with van der Waals surface area (Å²) in [6, 6.07) is 0. The Balaban J connectivity index is 1.56. The number of aromatic amines is 1. The number of nitrogens with zero attached hydrogens (tertiary/aromatic N) is 2. The Hall–Kier alpha value is -1.81. The lowest BCUT2D eigenvalue weighted by molar-refractivity contribution is 0.0837. The first kappa shape index (κ1) is 19.0. The van der Waals surface area contributed by atoms with Crippen LogP contribution in [0.4, 0.5) is 0 Å². The number of imidazole rings is 1. The Kier molecular flexibility index (Phi) is 6.02. The fourth-order valence-electron chi connectivity index (χ4n) is 3.80. The standard InChI is InChI=1S/C17H29N7O2/c1-10-7-24(9-14(18)19)8-12(10)15(20)23-17(25)13-6-21-16(22-13)11-2-4-26-5-3-11/h6,10-12,14H,2-5,7-9,18-19H2,1H3,(H,21,22)(H2,20,23,25). The van der Waals surface area contributed by atoms with E-state index in [1.54, 1.807) is 6.20 Å². The van der Waals surface area contributed by atoms with Gasteiger partial charge in [0.15, 0.2) is 0 Å². The fourth-order valence-corrected chi connectivity index (χ4v) is 3.80. The van der Waals surface area contributed by atoms with Crippen LogP contribution in [0, 0.1) is 17.2 Å². The second kappa shape index (κ2) is 8.26. The molecule has 144 valence electrons. The van der Waals surface area contributed by atoms with E-state index < -0.39 is 6.17 Å². The third kappa shape index (κ3) is 4.47. The van der Waals surface area contributed by atoms with Crippen molar-refractivity contribution in [2.45, 2.75) is 31.8 Å². The van der Waals surface area contributed by atoms with Gasteiger partial charge in [-0.1, -0.05) is 6.92 Å². The number of ether oxygens (including phenoxy) is 1. The van der Waals surface area contributed by atoms with E-state index in [0.717, 1.165) is 38.4 Å². The first-order valence-corrected chi connectivity index (χ1v) is 9.20. The van der Waals surface area contributed by atoms with Crippen molar-refractivity contribution in [2.75, 3.05) is 32.8 Å². The average molecular weight is 363 g/mol. The minimum absolute atomic E-state index is 0.0319. The van der Waals surface area contributed by atoms with Gasteiger partial charge >= 0.3 is 0 Å². The maximum atomic E-state index is 12.5. The molecule has 2 atom stereocenters.